The molecule has 1 aliphatic heterocycles. The average molecular weight is 347 g/mol. The van der Waals surface area contributed by atoms with E-state index < -0.39 is 5.72 Å². The third-order valence-electron chi connectivity index (χ3n) is 4.40. The van der Waals surface area contributed by atoms with E-state index >= 15 is 0 Å². The number of aliphatic imine (C=N–C) groups is 1. The first-order valence-corrected chi connectivity index (χ1v) is 8.72. The molecule has 26 heavy (non-hydrogen) atoms. The molecule has 1 aromatic carbocycles. The van der Waals surface area contributed by atoms with E-state index in [1.165, 1.54) is 5.69 Å². The molecule has 4 heteroatoms. The highest BCUT2D eigenvalue weighted by molar-refractivity contribution is 5.79. The van der Waals surface area contributed by atoms with Crippen molar-refractivity contribution in [2.75, 3.05) is 19.0 Å². The van der Waals surface area contributed by atoms with Crippen LogP contribution in [-0.4, -0.2) is 30.0 Å². The van der Waals surface area contributed by atoms with E-state index in [-0.39, 0.29) is 0 Å². The fraction of sp³-hybridized carbons (Fsp3) is 0.227. The molecule has 1 N–H and O–H groups in total. The van der Waals surface area contributed by atoms with Gasteiger partial charge in [-0.2, -0.15) is 0 Å². The zero-order valence-corrected chi connectivity index (χ0v) is 15.5. The number of allylic oxidation sites excluding steroid dienone is 2. The topological polar surface area (TPSA) is 40.8 Å². The van der Waals surface area contributed by atoms with Crippen LogP contribution in [0.5, 0.6) is 0 Å². The number of aromatic nitrogens is 1. The van der Waals surface area contributed by atoms with E-state index in [2.05, 4.69) is 34.2 Å². The van der Waals surface area contributed by atoms with Crippen molar-refractivity contribution < 1.29 is 5.11 Å². The molecule has 4 nitrogen and oxygen atoms in total. The van der Waals surface area contributed by atoms with E-state index in [0.29, 0.717) is 6.42 Å². The Morgan fingerprint density at radius 2 is 1.96 bits per heavy atom. The number of nitrogens with zero attached hydrogens (tertiary/aromatic N) is 3. The summed E-state index contributed by atoms with van der Waals surface area (Å²) in [7, 11) is 4.05. The lowest BCUT2D eigenvalue weighted by Crippen LogP contribution is -2.29. The fourth-order valence-electron chi connectivity index (χ4n) is 2.90. The Labute approximate surface area is 155 Å². The SMILES string of the molecule is CN(C)c1ccc(/C=C/CC(C)(O)n2cccc2/C=C2\C=CC=N2)cc1. The Kier molecular flexibility index (Phi) is 5.24. The lowest BCUT2D eigenvalue weighted by atomic mass is 10.1. The first kappa shape index (κ1) is 18.0. The van der Waals surface area contributed by atoms with Crippen LogP contribution in [0.4, 0.5) is 5.69 Å². The molecular formula is C22H25N3O. The molecule has 0 amide bonds. The van der Waals surface area contributed by atoms with Crippen molar-refractivity contribution >= 4 is 24.1 Å². The van der Waals surface area contributed by atoms with E-state index in [9.17, 15) is 5.11 Å². The summed E-state index contributed by atoms with van der Waals surface area (Å²) in [5.41, 5.74) is 3.09. The van der Waals surface area contributed by atoms with Crippen molar-refractivity contribution in [2.45, 2.75) is 19.1 Å². The summed E-state index contributed by atoms with van der Waals surface area (Å²) in [6, 6.07) is 12.3. The molecular weight excluding hydrogens is 322 g/mol. The van der Waals surface area contributed by atoms with Gasteiger partial charge in [0.15, 0.2) is 0 Å². The van der Waals surface area contributed by atoms with Gasteiger partial charge in [-0.15, -0.1) is 0 Å². The third-order valence-corrected chi connectivity index (χ3v) is 4.40. The van der Waals surface area contributed by atoms with Gasteiger partial charge in [-0.3, -0.25) is 4.99 Å². The van der Waals surface area contributed by atoms with Gasteiger partial charge in [0.2, 0.25) is 0 Å². The molecule has 3 rings (SSSR count). The van der Waals surface area contributed by atoms with Crippen molar-refractivity contribution in [3.8, 4) is 0 Å². The van der Waals surface area contributed by atoms with Crippen LogP contribution in [0.2, 0.25) is 0 Å². The van der Waals surface area contributed by atoms with Gasteiger partial charge >= 0.3 is 0 Å². The van der Waals surface area contributed by atoms with Gasteiger partial charge in [-0.25, -0.2) is 0 Å². The second-order valence-corrected chi connectivity index (χ2v) is 6.82. The van der Waals surface area contributed by atoms with Gasteiger partial charge in [0, 0.05) is 44.3 Å². The molecule has 2 heterocycles. The molecule has 1 aromatic heterocycles. The molecule has 0 bridgehead atoms. The van der Waals surface area contributed by atoms with Crippen LogP contribution >= 0.6 is 0 Å². The molecule has 0 aliphatic carbocycles. The molecule has 0 saturated carbocycles. The van der Waals surface area contributed by atoms with Crippen molar-refractivity contribution in [3.05, 3.63) is 77.8 Å². The third kappa shape index (κ3) is 4.21. The minimum atomic E-state index is -1.01. The summed E-state index contributed by atoms with van der Waals surface area (Å²) in [5, 5.41) is 10.9. The zero-order chi connectivity index (χ0) is 18.6. The predicted molar refractivity (Wildman–Crippen MR) is 110 cm³/mol. The number of hydrogen-bond acceptors (Lipinski definition) is 3. The first-order valence-electron chi connectivity index (χ1n) is 8.72. The lowest BCUT2D eigenvalue weighted by molar-refractivity contribution is -0.0152. The molecule has 0 radical (unpaired) electrons. The smallest absolute Gasteiger partial charge is 0.142 e. The standard InChI is InChI=1S/C22H25N3O/c1-22(26,14-4-7-18-10-12-20(13-11-18)24(2)3)25-16-6-9-21(25)17-19-8-5-15-23-19/h4-13,15-17,26H,14H2,1-3H3/b7-4+,19-17+. The summed E-state index contributed by atoms with van der Waals surface area (Å²) in [4.78, 5) is 6.34. The van der Waals surface area contributed by atoms with Crippen LogP contribution in [0.3, 0.4) is 0 Å². The minimum absolute atomic E-state index is 0.506. The van der Waals surface area contributed by atoms with Crippen molar-refractivity contribution in [1.82, 2.24) is 4.57 Å². The number of anilines is 1. The maximum absolute atomic E-state index is 10.9. The van der Waals surface area contributed by atoms with Gasteiger partial charge in [-0.05, 0) is 55.0 Å². The molecule has 2 aromatic rings. The first-order chi connectivity index (χ1) is 12.5. The Hall–Kier alpha value is -2.85. The fourth-order valence-corrected chi connectivity index (χ4v) is 2.90. The highest BCUT2D eigenvalue weighted by Crippen LogP contribution is 2.24. The molecule has 1 atom stereocenters. The van der Waals surface area contributed by atoms with Crippen LogP contribution in [0.1, 0.15) is 24.6 Å². The van der Waals surface area contributed by atoms with Gasteiger partial charge < -0.3 is 14.6 Å². The Balaban J connectivity index is 1.71. The van der Waals surface area contributed by atoms with Crippen molar-refractivity contribution in [1.29, 1.82) is 0 Å². The lowest BCUT2D eigenvalue weighted by Gasteiger charge is -2.26. The minimum Gasteiger partial charge on any atom is -0.378 e. The van der Waals surface area contributed by atoms with Gasteiger partial charge in [0.1, 0.15) is 5.72 Å². The van der Waals surface area contributed by atoms with Crippen LogP contribution in [0.25, 0.3) is 12.2 Å². The quantitative estimate of drug-likeness (QED) is 0.846. The Morgan fingerprint density at radius 3 is 2.62 bits per heavy atom. The maximum atomic E-state index is 10.9. The number of benzene rings is 1. The van der Waals surface area contributed by atoms with Crippen LogP contribution in [-0.2, 0) is 5.72 Å². The van der Waals surface area contributed by atoms with E-state index in [4.69, 9.17) is 0 Å². The largest absolute Gasteiger partial charge is 0.378 e. The van der Waals surface area contributed by atoms with E-state index in [1.54, 1.807) is 6.21 Å². The van der Waals surface area contributed by atoms with Gasteiger partial charge in [-0.1, -0.05) is 24.3 Å². The van der Waals surface area contributed by atoms with Crippen molar-refractivity contribution in [3.63, 3.8) is 0 Å². The molecule has 134 valence electrons. The van der Waals surface area contributed by atoms with Gasteiger partial charge in [0.25, 0.3) is 0 Å². The monoisotopic (exact) mass is 347 g/mol. The van der Waals surface area contributed by atoms with Crippen LogP contribution < -0.4 is 4.90 Å². The summed E-state index contributed by atoms with van der Waals surface area (Å²) >= 11 is 0. The molecule has 0 spiro atoms. The zero-order valence-electron chi connectivity index (χ0n) is 15.5. The summed E-state index contributed by atoms with van der Waals surface area (Å²) in [6.45, 7) is 1.82. The summed E-state index contributed by atoms with van der Waals surface area (Å²) < 4.78 is 1.88. The summed E-state index contributed by atoms with van der Waals surface area (Å²) in [5.74, 6) is 0. The molecule has 0 saturated heterocycles. The second kappa shape index (κ2) is 7.58. The van der Waals surface area contributed by atoms with E-state index in [0.717, 1.165) is 17.0 Å². The maximum Gasteiger partial charge on any atom is 0.142 e. The number of rotatable bonds is 6. The van der Waals surface area contributed by atoms with Crippen LogP contribution in [0.15, 0.2) is 71.5 Å². The second-order valence-electron chi connectivity index (χ2n) is 6.82. The molecule has 1 aliphatic rings. The summed E-state index contributed by atoms with van der Waals surface area (Å²) in [6.07, 6.45) is 14.0. The highest BCUT2D eigenvalue weighted by atomic mass is 16.3. The highest BCUT2D eigenvalue weighted by Gasteiger charge is 2.22. The predicted octanol–water partition coefficient (Wildman–Crippen LogP) is 4.30. The number of aliphatic hydroxyl groups is 1. The number of hydrogen-bond donors (Lipinski definition) is 1. The van der Waals surface area contributed by atoms with Gasteiger partial charge in [0.05, 0.1) is 5.70 Å². The van der Waals surface area contributed by atoms with E-state index in [1.807, 2.05) is 74.3 Å². The average Bonchev–Trinajstić information content (AvgIpc) is 3.28. The molecule has 0 fully saturated rings. The molecule has 1 unspecified atom stereocenters. The normalized spacial score (nSPS) is 17.3. The Morgan fingerprint density at radius 1 is 1.19 bits per heavy atom. The van der Waals surface area contributed by atoms with Crippen molar-refractivity contribution in [2.24, 2.45) is 4.99 Å². The van der Waals surface area contributed by atoms with Crippen LogP contribution in [0, 0.1) is 0 Å². The Bertz CT molecular complexity index is 851.